The summed E-state index contributed by atoms with van der Waals surface area (Å²) in [6.07, 6.45) is -4.49. The van der Waals surface area contributed by atoms with Gasteiger partial charge in [-0.15, -0.1) is 0 Å². The molecule has 224 valence electrons. The van der Waals surface area contributed by atoms with Gasteiger partial charge in [-0.25, -0.2) is 0 Å². The van der Waals surface area contributed by atoms with Gasteiger partial charge in [0.2, 0.25) is 0 Å². The molecular formula is C30H36N4O8. The first-order valence-corrected chi connectivity index (χ1v) is 13.9. The zero-order chi connectivity index (χ0) is 30.1. The Labute approximate surface area is 243 Å². The topological polar surface area (TPSA) is 153 Å². The largest absolute Gasteiger partial charge is 0.350 e. The SMILES string of the molecule is CC1(C)O[C@H]2C(=O)NCc3ccc(cc3)CNC(=O)[C@@H]3OC(C)(C)O[C@H]3C(=O)NCc3ccc(cc3)CNC(=O)[C@@H]2O1. The van der Waals surface area contributed by atoms with Crippen LogP contribution in [0.2, 0.25) is 0 Å². The van der Waals surface area contributed by atoms with Crippen molar-refractivity contribution in [2.45, 2.75) is 89.9 Å². The molecule has 12 nitrogen and oxygen atoms in total. The number of hydrogen-bond acceptors (Lipinski definition) is 8. The number of benzene rings is 2. The Balaban J connectivity index is 1.35. The van der Waals surface area contributed by atoms with E-state index in [0.717, 1.165) is 22.3 Å². The highest BCUT2D eigenvalue weighted by atomic mass is 16.8. The van der Waals surface area contributed by atoms with Crippen molar-refractivity contribution in [3.05, 3.63) is 70.8 Å². The highest BCUT2D eigenvalue weighted by Crippen LogP contribution is 2.30. The molecule has 2 saturated heterocycles. The van der Waals surface area contributed by atoms with Crippen LogP contribution in [0, 0.1) is 0 Å². The number of carbonyl (C=O) groups is 4. The second-order valence-electron chi connectivity index (χ2n) is 11.5. The minimum absolute atomic E-state index is 0.200. The van der Waals surface area contributed by atoms with E-state index in [1.807, 2.05) is 48.5 Å². The van der Waals surface area contributed by atoms with E-state index in [0.29, 0.717) is 0 Å². The van der Waals surface area contributed by atoms with Gasteiger partial charge in [-0.05, 0) is 49.9 Å². The summed E-state index contributed by atoms with van der Waals surface area (Å²) in [5, 5.41) is 11.3. The number of amides is 4. The second kappa shape index (κ2) is 11.8. The average Bonchev–Trinajstić information content (AvgIpc) is 3.47. The molecule has 2 aromatic rings. The minimum atomic E-state index is -1.12. The fourth-order valence-electron chi connectivity index (χ4n) is 5.00. The number of hydrogen-bond donors (Lipinski definition) is 4. The average molecular weight is 581 g/mol. The Morgan fingerprint density at radius 3 is 0.833 bits per heavy atom. The maximum Gasteiger partial charge on any atom is 0.252 e. The van der Waals surface area contributed by atoms with Crippen molar-refractivity contribution >= 4 is 23.6 Å². The van der Waals surface area contributed by atoms with Gasteiger partial charge in [0, 0.05) is 26.2 Å². The Morgan fingerprint density at radius 2 is 0.643 bits per heavy atom. The fraction of sp³-hybridized carbons (Fsp3) is 0.467. The first kappa shape index (κ1) is 29.6. The summed E-state index contributed by atoms with van der Waals surface area (Å²) in [6, 6.07) is 14.6. The lowest BCUT2D eigenvalue weighted by atomic mass is 10.1. The summed E-state index contributed by atoms with van der Waals surface area (Å²) >= 11 is 0. The molecule has 0 unspecified atom stereocenters. The van der Waals surface area contributed by atoms with Gasteiger partial charge in [0.05, 0.1) is 0 Å². The van der Waals surface area contributed by atoms with E-state index in [2.05, 4.69) is 21.3 Å². The van der Waals surface area contributed by atoms with Crippen LogP contribution in [0.1, 0.15) is 49.9 Å². The van der Waals surface area contributed by atoms with Crippen molar-refractivity contribution < 1.29 is 38.1 Å². The first-order valence-electron chi connectivity index (χ1n) is 13.9. The van der Waals surface area contributed by atoms with Gasteiger partial charge in [-0.1, -0.05) is 48.5 Å². The van der Waals surface area contributed by atoms with Crippen molar-refractivity contribution in [2.75, 3.05) is 0 Å². The summed E-state index contributed by atoms with van der Waals surface area (Å²) in [4.78, 5) is 52.2. The van der Waals surface area contributed by atoms with E-state index < -0.39 is 59.6 Å². The number of ether oxygens (including phenoxy) is 4. The number of carbonyl (C=O) groups excluding carboxylic acids is 4. The molecule has 0 aliphatic carbocycles. The zero-order valence-corrected chi connectivity index (χ0v) is 24.0. The molecule has 0 aromatic heterocycles. The van der Waals surface area contributed by atoms with Crippen LogP contribution in [0.25, 0.3) is 0 Å². The normalized spacial score (nSPS) is 28.1. The summed E-state index contributed by atoms with van der Waals surface area (Å²) in [6.45, 7) is 7.41. The minimum Gasteiger partial charge on any atom is -0.350 e. The predicted molar refractivity (Wildman–Crippen MR) is 148 cm³/mol. The monoisotopic (exact) mass is 580 g/mol. The van der Waals surface area contributed by atoms with Crippen LogP contribution in [0.4, 0.5) is 0 Å². The summed E-state index contributed by atoms with van der Waals surface area (Å²) < 4.78 is 23.1. The third kappa shape index (κ3) is 6.96. The second-order valence-corrected chi connectivity index (χ2v) is 11.5. The van der Waals surface area contributed by atoms with Gasteiger partial charge >= 0.3 is 0 Å². The van der Waals surface area contributed by atoms with E-state index in [-0.39, 0.29) is 26.2 Å². The summed E-state index contributed by atoms with van der Waals surface area (Å²) in [7, 11) is 0. The summed E-state index contributed by atoms with van der Waals surface area (Å²) in [5.74, 6) is -4.08. The molecule has 6 aliphatic heterocycles. The van der Waals surface area contributed by atoms with Gasteiger partial charge in [-0.3, -0.25) is 19.2 Å². The lowest BCUT2D eigenvalue weighted by Gasteiger charge is -2.18. The van der Waals surface area contributed by atoms with Crippen molar-refractivity contribution in [1.82, 2.24) is 21.3 Å². The van der Waals surface area contributed by atoms with Crippen molar-refractivity contribution in [1.29, 1.82) is 0 Å². The van der Waals surface area contributed by atoms with Gasteiger partial charge in [0.25, 0.3) is 23.6 Å². The maximum atomic E-state index is 13.0. The van der Waals surface area contributed by atoms with Gasteiger partial charge in [0.15, 0.2) is 36.0 Å². The summed E-state index contributed by atoms with van der Waals surface area (Å²) in [5.41, 5.74) is 3.23. The maximum absolute atomic E-state index is 13.0. The van der Waals surface area contributed by atoms with Gasteiger partial charge in [0.1, 0.15) is 0 Å². The van der Waals surface area contributed by atoms with Crippen molar-refractivity contribution in [3.63, 3.8) is 0 Å². The third-order valence-electron chi connectivity index (χ3n) is 7.14. The Morgan fingerprint density at radius 1 is 0.452 bits per heavy atom. The molecule has 0 radical (unpaired) electrons. The van der Waals surface area contributed by atoms with E-state index in [1.165, 1.54) is 0 Å². The zero-order valence-electron chi connectivity index (χ0n) is 24.0. The molecule has 4 N–H and O–H groups in total. The van der Waals surface area contributed by atoms with Crippen LogP contribution in [-0.4, -0.2) is 59.6 Å². The van der Waals surface area contributed by atoms with Crippen molar-refractivity contribution in [3.8, 4) is 0 Å². The molecule has 8 rings (SSSR count). The highest BCUT2D eigenvalue weighted by molar-refractivity contribution is 5.92. The van der Waals surface area contributed by atoms with Crippen LogP contribution >= 0.6 is 0 Å². The molecule has 2 fully saturated rings. The highest BCUT2D eigenvalue weighted by Gasteiger charge is 2.50. The smallest absolute Gasteiger partial charge is 0.252 e. The van der Waals surface area contributed by atoms with Crippen LogP contribution in [0.3, 0.4) is 0 Å². The third-order valence-corrected chi connectivity index (χ3v) is 7.14. The lowest BCUT2D eigenvalue weighted by molar-refractivity contribution is -0.159. The standard InChI is InChI=1S/C30H36N4O8/c1-29(2)39-21-22(40-29)26(36)32-14-18-7-11-20(12-8-18)16-34-28(38)24-23(41-30(3,4)42-24)27(37)33-15-19-9-5-17(6-10-19)13-31-25(21)35/h5-12,21-24H,13-16H2,1-4H3,(H,31,35)(H,32,36)(H,33,37)(H,34,38)/t21-,22-,23-,24-/m1/s1. The molecule has 42 heavy (non-hydrogen) atoms. The molecule has 6 heterocycles. The molecular weight excluding hydrogens is 544 g/mol. The molecule has 4 amide bonds. The Hall–Kier alpha value is -3.84. The lowest BCUT2D eigenvalue weighted by Crippen LogP contribution is -2.47. The first-order chi connectivity index (χ1) is 19.9. The molecule has 4 atom stereocenters. The van der Waals surface area contributed by atoms with E-state index in [9.17, 15) is 19.2 Å². The Bertz CT molecular complexity index is 1140. The van der Waals surface area contributed by atoms with E-state index in [4.69, 9.17) is 18.9 Å². The van der Waals surface area contributed by atoms with E-state index in [1.54, 1.807) is 27.7 Å². The quantitative estimate of drug-likeness (QED) is 0.359. The molecule has 0 spiro atoms. The molecule has 6 aliphatic rings. The Kier molecular flexibility index (Phi) is 8.33. The van der Waals surface area contributed by atoms with Gasteiger partial charge < -0.3 is 40.2 Å². The van der Waals surface area contributed by atoms with Crippen LogP contribution < -0.4 is 21.3 Å². The molecule has 12 heteroatoms. The fourth-order valence-corrected chi connectivity index (χ4v) is 5.00. The molecule has 4 bridgehead atoms. The number of nitrogens with one attached hydrogen (secondary N) is 4. The van der Waals surface area contributed by atoms with E-state index >= 15 is 0 Å². The number of rotatable bonds is 0. The van der Waals surface area contributed by atoms with Crippen LogP contribution in [0.15, 0.2) is 48.5 Å². The predicted octanol–water partition coefficient (Wildman–Crippen LogP) is 0.905. The molecule has 2 aromatic carbocycles. The van der Waals surface area contributed by atoms with Gasteiger partial charge in [-0.2, -0.15) is 0 Å². The van der Waals surface area contributed by atoms with Crippen LogP contribution in [0.5, 0.6) is 0 Å². The molecule has 0 saturated carbocycles. The van der Waals surface area contributed by atoms with Crippen LogP contribution in [-0.2, 0) is 64.3 Å². The van der Waals surface area contributed by atoms with Crippen molar-refractivity contribution in [2.24, 2.45) is 0 Å².